The molecule has 0 amide bonds. The first-order valence-electron chi connectivity index (χ1n) is 6.22. The normalized spacial score (nSPS) is 14.8. The Labute approximate surface area is 120 Å². The van der Waals surface area contributed by atoms with E-state index in [-0.39, 0.29) is 5.02 Å². The van der Waals surface area contributed by atoms with Gasteiger partial charge in [0, 0.05) is 11.4 Å². The van der Waals surface area contributed by atoms with Gasteiger partial charge in [-0.15, -0.1) is 0 Å². The Hall–Kier alpha value is -1.65. The molecule has 104 valence electrons. The third kappa shape index (κ3) is 2.25. The summed E-state index contributed by atoms with van der Waals surface area (Å²) in [6.45, 7) is 0.653. The highest BCUT2D eigenvalue weighted by molar-refractivity contribution is 6.31. The van der Waals surface area contributed by atoms with Gasteiger partial charge in [-0.2, -0.15) is 0 Å². The topological polar surface area (TPSA) is 35.2 Å². The average Bonchev–Trinajstić information content (AvgIpc) is 2.89. The molecule has 0 radical (unpaired) electrons. The van der Waals surface area contributed by atoms with Crippen molar-refractivity contribution in [2.24, 2.45) is 5.73 Å². The van der Waals surface area contributed by atoms with E-state index in [0.717, 1.165) is 35.4 Å². The molecule has 0 fully saturated rings. The molecule has 20 heavy (non-hydrogen) atoms. The number of benzene rings is 2. The first-order valence-corrected chi connectivity index (χ1v) is 6.59. The van der Waals surface area contributed by atoms with Crippen LogP contribution < -0.4 is 10.5 Å². The first kappa shape index (κ1) is 13.3. The van der Waals surface area contributed by atoms with Gasteiger partial charge < -0.3 is 10.5 Å². The second kappa shape index (κ2) is 5.04. The molecule has 0 saturated carbocycles. The number of nitrogens with two attached hydrogens (primary N) is 1. The van der Waals surface area contributed by atoms with E-state index in [0.29, 0.717) is 12.2 Å². The Morgan fingerprint density at radius 2 is 1.90 bits per heavy atom. The van der Waals surface area contributed by atoms with Gasteiger partial charge in [-0.25, -0.2) is 8.78 Å². The van der Waals surface area contributed by atoms with Crippen molar-refractivity contribution in [3.05, 3.63) is 63.7 Å². The average molecular weight is 296 g/mol. The zero-order valence-electron chi connectivity index (χ0n) is 10.5. The maximum Gasteiger partial charge on any atom is 0.160 e. The van der Waals surface area contributed by atoms with E-state index in [9.17, 15) is 8.78 Å². The molecule has 0 aliphatic carbocycles. The van der Waals surface area contributed by atoms with Gasteiger partial charge in [0.2, 0.25) is 0 Å². The molecule has 2 N–H and O–H groups in total. The van der Waals surface area contributed by atoms with Crippen molar-refractivity contribution in [3.63, 3.8) is 0 Å². The minimum atomic E-state index is -0.978. The van der Waals surface area contributed by atoms with Gasteiger partial charge in [-0.3, -0.25) is 0 Å². The molecule has 2 aromatic rings. The molecule has 1 heterocycles. The van der Waals surface area contributed by atoms with Crippen LogP contribution in [-0.4, -0.2) is 6.61 Å². The predicted octanol–water partition coefficient (Wildman–Crippen LogP) is 3.60. The van der Waals surface area contributed by atoms with Gasteiger partial charge in [-0.1, -0.05) is 23.7 Å². The lowest BCUT2D eigenvalue weighted by atomic mass is 9.97. The lowest BCUT2D eigenvalue weighted by Crippen LogP contribution is -2.13. The third-order valence-corrected chi connectivity index (χ3v) is 3.77. The van der Waals surface area contributed by atoms with Crippen molar-refractivity contribution in [1.82, 2.24) is 0 Å². The van der Waals surface area contributed by atoms with Crippen molar-refractivity contribution in [3.8, 4) is 5.75 Å². The van der Waals surface area contributed by atoms with Gasteiger partial charge in [-0.05, 0) is 34.9 Å². The molecule has 0 spiro atoms. The molecule has 1 unspecified atom stereocenters. The van der Waals surface area contributed by atoms with Crippen molar-refractivity contribution in [2.75, 3.05) is 6.61 Å². The van der Waals surface area contributed by atoms with Crippen LogP contribution in [0.5, 0.6) is 5.75 Å². The van der Waals surface area contributed by atoms with Crippen molar-refractivity contribution >= 4 is 11.6 Å². The zero-order chi connectivity index (χ0) is 14.3. The Bertz CT molecular complexity index is 675. The van der Waals surface area contributed by atoms with Crippen LogP contribution in [0.25, 0.3) is 0 Å². The van der Waals surface area contributed by atoms with Crippen LogP contribution in [-0.2, 0) is 6.42 Å². The number of fused-ring (bicyclic) bond motifs is 1. The van der Waals surface area contributed by atoms with Crippen LogP contribution in [0.15, 0.2) is 30.3 Å². The monoisotopic (exact) mass is 295 g/mol. The summed E-state index contributed by atoms with van der Waals surface area (Å²) in [4.78, 5) is 0. The predicted molar refractivity (Wildman–Crippen MR) is 73.0 cm³/mol. The van der Waals surface area contributed by atoms with Gasteiger partial charge in [0.05, 0.1) is 12.6 Å². The summed E-state index contributed by atoms with van der Waals surface area (Å²) in [5.41, 5.74) is 8.34. The Balaban J connectivity index is 2.00. The van der Waals surface area contributed by atoms with E-state index in [1.54, 1.807) is 0 Å². The number of halogens is 3. The molecule has 0 bridgehead atoms. The lowest BCUT2D eigenvalue weighted by Gasteiger charge is -2.15. The standard InChI is InChI=1S/C15H12ClF2NO/c16-11-7-13(18)12(17)6-10(11)15(19)9-1-2-14-8(5-9)3-4-20-14/h1-2,5-7,15H,3-4,19H2. The summed E-state index contributed by atoms with van der Waals surface area (Å²) in [6.07, 6.45) is 0.821. The molecule has 5 heteroatoms. The zero-order valence-corrected chi connectivity index (χ0v) is 11.3. The van der Waals surface area contributed by atoms with E-state index in [1.807, 2.05) is 18.2 Å². The van der Waals surface area contributed by atoms with E-state index >= 15 is 0 Å². The maximum absolute atomic E-state index is 13.3. The molecule has 2 nitrogen and oxygen atoms in total. The van der Waals surface area contributed by atoms with Crippen molar-refractivity contribution in [2.45, 2.75) is 12.5 Å². The molecule has 1 aliphatic heterocycles. The van der Waals surface area contributed by atoms with Crippen molar-refractivity contribution < 1.29 is 13.5 Å². The highest BCUT2D eigenvalue weighted by Crippen LogP contribution is 2.32. The summed E-state index contributed by atoms with van der Waals surface area (Å²) in [6, 6.07) is 6.96. The Morgan fingerprint density at radius 1 is 1.15 bits per heavy atom. The summed E-state index contributed by atoms with van der Waals surface area (Å²) in [7, 11) is 0. The van der Waals surface area contributed by atoms with E-state index < -0.39 is 17.7 Å². The van der Waals surface area contributed by atoms with Gasteiger partial charge in [0.1, 0.15) is 5.75 Å². The van der Waals surface area contributed by atoms with E-state index in [1.165, 1.54) is 0 Å². The van der Waals surface area contributed by atoms with Crippen molar-refractivity contribution in [1.29, 1.82) is 0 Å². The molecule has 1 atom stereocenters. The fourth-order valence-corrected chi connectivity index (χ4v) is 2.62. The minimum Gasteiger partial charge on any atom is -0.493 e. The van der Waals surface area contributed by atoms with Gasteiger partial charge in [0.25, 0.3) is 0 Å². The maximum atomic E-state index is 13.3. The van der Waals surface area contributed by atoms with Crippen LogP contribution in [0.3, 0.4) is 0 Å². The largest absolute Gasteiger partial charge is 0.493 e. The summed E-state index contributed by atoms with van der Waals surface area (Å²) >= 11 is 5.95. The molecule has 0 aromatic heterocycles. The van der Waals surface area contributed by atoms with Crippen LogP contribution in [0.4, 0.5) is 8.78 Å². The van der Waals surface area contributed by atoms with Crippen LogP contribution in [0.2, 0.25) is 5.02 Å². The number of ether oxygens (including phenoxy) is 1. The first-order chi connectivity index (χ1) is 9.56. The molecular weight excluding hydrogens is 284 g/mol. The smallest absolute Gasteiger partial charge is 0.160 e. The number of hydrogen-bond donors (Lipinski definition) is 1. The quantitative estimate of drug-likeness (QED) is 0.859. The van der Waals surface area contributed by atoms with Gasteiger partial charge in [0.15, 0.2) is 11.6 Å². The third-order valence-electron chi connectivity index (χ3n) is 3.45. The fraction of sp³-hybridized carbons (Fsp3) is 0.200. The second-order valence-electron chi connectivity index (χ2n) is 4.73. The van der Waals surface area contributed by atoms with E-state index in [2.05, 4.69) is 0 Å². The lowest BCUT2D eigenvalue weighted by molar-refractivity contribution is 0.357. The van der Waals surface area contributed by atoms with Crippen LogP contribution >= 0.6 is 11.6 Å². The highest BCUT2D eigenvalue weighted by Gasteiger charge is 2.19. The Kier molecular flexibility index (Phi) is 3.36. The molecule has 2 aromatic carbocycles. The molecule has 0 saturated heterocycles. The second-order valence-corrected chi connectivity index (χ2v) is 5.14. The summed E-state index contributed by atoms with van der Waals surface area (Å²) < 4.78 is 31.9. The number of hydrogen-bond acceptors (Lipinski definition) is 2. The van der Waals surface area contributed by atoms with Crippen LogP contribution in [0.1, 0.15) is 22.7 Å². The summed E-state index contributed by atoms with van der Waals surface area (Å²) in [5.74, 6) is -1.09. The highest BCUT2D eigenvalue weighted by atomic mass is 35.5. The Morgan fingerprint density at radius 3 is 2.70 bits per heavy atom. The van der Waals surface area contributed by atoms with Crippen LogP contribution in [0, 0.1) is 11.6 Å². The molecule has 3 rings (SSSR count). The number of rotatable bonds is 2. The molecular formula is C15H12ClF2NO. The molecule has 1 aliphatic rings. The van der Waals surface area contributed by atoms with Gasteiger partial charge >= 0.3 is 0 Å². The minimum absolute atomic E-state index is 0.119. The fourth-order valence-electron chi connectivity index (χ4n) is 2.36. The summed E-state index contributed by atoms with van der Waals surface area (Å²) in [5, 5.41) is 0.119. The SMILES string of the molecule is NC(c1ccc2c(c1)CCO2)c1cc(F)c(F)cc1Cl. The van der Waals surface area contributed by atoms with E-state index in [4.69, 9.17) is 22.1 Å².